The van der Waals surface area contributed by atoms with Gasteiger partial charge in [0, 0.05) is 50.2 Å². The summed E-state index contributed by atoms with van der Waals surface area (Å²) in [6, 6.07) is 23.7. The van der Waals surface area contributed by atoms with E-state index in [1.807, 2.05) is 78.2 Å². The van der Waals surface area contributed by atoms with Gasteiger partial charge in [0.1, 0.15) is 5.69 Å². The highest BCUT2D eigenvalue weighted by molar-refractivity contribution is 7.09. The highest BCUT2D eigenvalue weighted by atomic mass is 32.1. The lowest BCUT2D eigenvalue weighted by Gasteiger charge is -2.27. The summed E-state index contributed by atoms with van der Waals surface area (Å²) in [5, 5.41) is 2.01. The maximum absolute atomic E-state index is 14.1. The van der Waals surface area contributed by atoms with E-state index in [-0.39, 0.29) is 11.6 Å². The number of hydrogen-bond donors (Lipinski definition) is 0. The molecule has 37 heavy (non-hydrogen) atoms. The number of thiophene rings is 1. The Morgan fingerprint density at radius 2 is 1.62 bits per heavy atom. The lowest BCUT2D eigenvalue weighted by molar-refractivity contribution is 0.0360. The first kappa shape index (κ1) is 25.2. The third-order valence-corrected chi connectivity index (χ3v) is 7.58. The highest BCUT2D eigenvalue weighted by Crippen LogP contribution is 2.26. The number of hydrogen-bond acceptors (Lipinski definition) is 5. The third kappa shape index (κ3) is 5.77. The molecule has 0 radical (unpaired) electrons. The average molecular weight is 517 g/mol. The van der Waals surface area contributed by atoms with E-state index in [0.717, 1.165) is 29.1 Å². The zero-order chi connectivity index (χ0) is 25.6. The molecule has 2 aromatic carbocycles. The number of carbonyl (C=O) groups is 1. The largest absolute Gasteiger partial charge is 0.379 e. The fraction of sp³-hybridized carbons (Fsp3) is 0.310. The molecular weight excluding hydrogens is 484 g/mol. The summed E-state index contributed by atoms with van der Waals surface area (Å²) in [5.41, 5.74) is 2.86. The van der Waals surface area contributed by atoms with Crippen molar-refractivity contribution in [3.05, 3.63) is 105 Å². The van der Waals surface area contributed by atoms with Crippen LogP contribution in [0.25, 0.3) is 11.3 Å². The maximum atomic E-state index is 14.1. The number of aromatic nitrogens is 2. The van der Waals surface area contributed by atoms with Gasteiger partial charge in [0.15, 0.2) is 0 Å². The summed E-state index contributed by atoms with van der Waals surface area (Å²) in [6.07, 6.45) is 0. The van der Waals surface area contributed by atoms with Crippen molar-refractivity contribution in [2.75, 3.05) is 39.9 Å². The van der Waals surface area contributed by atoms with Crippen LogP contribution in [0.3, 0.4) is 0 Å². The molecule has 8 heteroatoms. The number of imidazole rings is 1. The molecule has 1 aliphatic rings. The summed E-state index contributed by atoms with van der Waals surface area (Å²) >= 11 is 1.61. The molecule has 1 aliphatic heterocycles. The molecule has 0 spiro atoms. The topological polar surface area (TPSA) is 59.7 Å². The SMILES string of the molecule is CN(Cc1ccccc1)C(=O)c1c(-c2ccccc2)n(Cc2cccs2)c(=O)n1CCN1CCOCC1. The molecule has 192 valence electrons. The lowest BCUT2D eigenvalue weighted by atomic mass is 10.1. The summed E-state index contributed by atoms with van der Waals surface area (Å²) in [5.74, 6) is -0.160. The average Bonchev–Trinajstić information content (AvgIpc) is 3.55. The van der Waals surface area contributed by atoms with Crippen LogP contribution in [0, 0.1) is 0 Å². The minimum absolute atomic E-state index is 0.156. The Morgan fingerprint density at radius 3 is 2.30 bits per heavy atom. The van der Waals surface area contributed by atoms with Crippen LogP contribution in [-0.2, 0) is 24.4 Å². The van der Waals surface area contributed by atoms with Crippen LogP contribution < -0.4 is 5.69 Å². The Bertz CT molecular complexity index is 1360. The molecule has 0 N–H and O–H groups in total. The molecule has 5 rings (SSSR count). The fourth-order valence-corrected chi connectivity index (χ4v) is 5.48. The number of morpholine rings is 1. The van der Waals surface area contributed by atoms with Crippen LogP contribution in [0.4, 0.5) is 0 Å². The number of nitrogens with zero attached hydrogens (tertiary/aromatic N) is 4. The second kappa shape index (κ2) is 11.7. The van der Waals surface area contributed by atoms with Gasteiger partial charge in [-0.15, -0.1) is 11.3 Å². The maximum Gasteiger partial charge on any atom is 0.329 e. The Labute approximate surface area is 221 Å². The summed E-state index contributed by atoms with van der Waals surface area (Å²) in [6.45, 7) is 5.04. The minimum atomic E-state index is -0.160. The van der Waals surface area contributed by atoms with Crippen molar-refractivity contribution in [2.24, 2.45) is 0 Å². The molecule has 2 aromatic heterocycles. The second-order valence-electron chi connectivity index (χ2n) is 9.26. The van der Waals surface area contributed by atoms with Crippen LogP contribution in [0.5, 0.6) is 0 Å². The quantitative estimate of drug-likeness (QED) is 0.337. The van der Waals surface area contributed by atoms with Crippen molar-refractivity contribution in [3.63, 3.8) is 0 Å². The van der Waals surface area contributed by atoms with Gasteiger partial charge in [-0.2, -0.15) is 0 Å². The molecule has 0 unspecified atom stereocenters. The lowest BCUT2D eigenvalue weighted by Crippen LogP contribution is -2.40. The van der Waals surface area contributed by atoms with E-state index in [9.17, 15) is 9.59 Å². The van der Waals surface area contributed by atoms with Gasteiger partial charge >= 0.3 is 5.69 Å². The first-order valence-electron chi connectivity index (χ1n) is 12.6. The van der Waals surface area contributed by atoms with Gasteiger partial charge in [-0.25, -0.2) is 4.79 Å². The molecule has 7 nitrogen and oxygen atoms in total. The van der Waals surface area contributed by atoms with Crippen molar-refractivity contribution in [2.45, 2.75) is 19.6 Å². The molecule has 0 aliphatic carbocycles. The number of rotatable bonds is 9. The van der Waals surface area contributed by atoms with Crippen LogP contribution in [0.1, 0.15) is 20.9 Å². The van der Waals surface area contributed by atoms with E-state index >= 15 is 0 Å². The van der Waals surface area contributed by atoms with Crippen LogP contribution in [0.2, 0.25) is 0 Å². The van der Waals surface area contributed by atoms with Crippen molar-refractivity contribution >= 4 is 17.2 Å². The van der Waals surface area contributed by atoms with Gasteiger partial charge in [-0.3, -0.25) is 18.8 Å². The van der Waals surface area contributed by atoms with E-state index in [4.69, 9.17) is 4.74 Å². The zero-order valence-corrected chi connectivity index (χ0v) is 21.9. The van der Waals surface area contributed by atoms with Crippen LogP contribution >= 0.6 is 11.3 Å². The minimum Gasteiger partial charge on any atom is -0.379 e. The van der Waals surface area contributed by atoms with Crippen LogP contribution in [0.15, 0.2) is 83.0 Å². The van der Waals surface area contributed by atoms with E-state index in [1.165, 1.54) is 0 Å². The third-order valence-electron chi connectivity index (χ3n) is 6.72. The Morgan fingerprint density at radius 1 is 0.919 bits per heavy atom. The molecule has 1 saturated heterocycles. The summed E-state index contributed by atoms with van der Waals surface area (Å²) in [7, 11) is 1.80. The zero-order valence-electron chi connectivity index (χ0n) is 21.1. The van der Waals surface area contributed by atoms with Crippen molar-refractivity contribution in [3.8, 4) is 11.3 Å². The smallest absolute Gasteiger partial charge is 0.329 e. The van der Waals surface area contributed by atoms with Crippen LogP contribution in [-0.4, -0.2) is 64.7 Å². The number of amides is 1. The Balaban J connectivity index is 1.59. The molecule has 1 fully saturated rings. The summed E-state index contributed by atoms with van der Waals surface area (Å²) < 4.78 is 8.95. The monoisotopic (exact) mass is 516 g/mol. The highest BCUT2D eigenvalue weighted by Gasteiger charge is 2.29. The molecular formula is C29H32N4O3S. The molecule has 4 aromatic rings. The van der Waals surface area contributed by atoms with E-state index in [1.54, 1.807) is 32.4 Å². The summed E-state index contributed by atoms with van der Waals surface area (Å²) in [4.78, 5) is 33.2. The second-order valence-corrected chi connectivity index (χ2v) is 10.3. The number of benzene rings is 2. The van der Waals surface area contributed by atoms with Crippen molar-refractivity contribution < 1.29 is 9.53 Å². The van der Waals surface area contributed by atoms with E-state index in [0.29, 0.717) is 50.8 Å². The van der Waals surface area contributed by atoms with Crippen molar-refractivity contribution in [1.29, 1.82) is 0 Å². The van der Waals surface area contributed by atoms with Gasteiger partial charge in [-0.05, 0) is 17.0 Å². The predicted molar refractivity (Wildman–Crippen MR) is 147 cm³/mol. The van der Waals surface area contributed by atoms with Crippen molar-refractivity contribution in [1.82, 2.24) is 18.9 Å². The first-order valence-corrected chi connectivity index (χ1v) is 13.5. The molecule has 0 atom stereocenters. The Hall–Kier alpha value is -3.46. The number of carbonyl (C=O) groups excluding carboxylic acids is 1. The molecule has 1 amide bonds. The fourth-order valence-electron chi connectivity index (χ4n) is 4.79. The van der Waals surface area contributed by atoms with Gasteiger partial charge < -0.3 is 9.64 Å². The van der Waals surface area contributed by atoms with Gasteiger partial charge in [-0.1, -0.05) is 66.7 Å². The van der Waals surface area contributed by atoms with Gasteiger partial charge in [0.25, 0.3) is 5.91 Å². The predicted octanol–water partition coefficient (Wildman–Crippen LogP) is 4.03. The normalized spacial score (nSPS) is 14.1. The van der Waals surface area contributed by atoms with E-state index in [2.05, 4.69) is 4.90 Å². The van der Waals surface area contributed by atoms with Gasteiger partial charge in [0.05, 0.1) is 25.5 Å². The van der Waals surface area contributed by atoms with E-state index < -0.39 is 0 Å². The first-order chi connectivity index (χ1) is 18.1. The Kier molecular flexibility index (Phi) is 7.99. The molecule has 0 saturated carbocycles. The number of ether oxygens (including phenoxy) is 1. The molecule has 3 heterocycles. The molecule has 0 bridgehead atoms. The van der Waals surface area contributed by atoms with Gasteiger partial charge in [0.2, 0.25) is 0 Å². The standard InChI is InChI=1S/C29H32N4O3S/c1-30(21-23-9-4-2-5-10-23)28(34)27-26(24-11-6-3-7-12-24)33(22-25-13-8-20-37-25)29(35)32(27)15-14-31-16-18-36-19-17-31/h2-13,20H,14-19,21-22H2,1H3.